The first-order valence-corrected chi connectivity index (χ1v) is 6.25. The monoisotopic (exact) mass is 262 g/mol. The number of esters is 1. The number of carbonyl (C=O) groups is 1. The Balaban J connectivity index is 2.05. The molecule has 0 saturated carbocycles. The van der Waals surface area contributed by atoms with Gasteiger partial charge in [-0.3, -0.25) is 0 Å². The summed E-state index contributed by atoms with van der Waals surface area (Å²) in [6.07, 6.45) is 3.11. The molecular formula is C15H18O4. The minimum absolute atomic E-state index is 0.359. The van der Waals surface area contributed by atoms with Gasteiger partial charge in [-0.1, -0.05) is 6.07 Å². The summed E-state index contributed by atoms with van der Waals surface area (Å²) in [5, 5.41) is 0. The molecule has 0 aliphatic carbocycles. The topological polar surface area (TPSA) is 44.8 Å². The van der Waals surface area contributed by atoms with Gasteiger partial charge in [0.1, 0.15) is 18.8 Å². The van der Waals surface area contributed by atoms with E-state index in [0.717, 1.165) is 11.3 Å². The Hall–Kier alpha value is -1.97. The highest BCUT2D eigenvalue weighted by Gasteiger charge is 2.14. The second-order valence-electron chi connectivity index (χ2n) is 5.27. The van der Waals surface area contributed by atoms with Gasteiger partial charge in [-0.05, 0) is 44.5 Å². The fourth-order valence-corrected chi connectivity index (χ4v) is 1.66. The van der Waals surface area contributed by atoms with Crippen LogP contribution < -0.4 is 9.47 Å². The molecule has 1 aliphatic heterocycles. The van der Waals surface area contributed by atoms with Crippen LogP contribution in [0.2, 0.25) is 0 Å². The van der Waals surface area contributed by atoms with E-state index in [-0.39, 0.29) is 5.97 Å². The van der Waals surface area contributed by atoms with Crippen LogP contribution in [0, 0.1) is 0 Å². The predicted molar refractivity (Wildman–Crippen MR) is 72.3 cm³/mol. The Kier molecular flexibility index (Phi) is 3.79. The Morgan fingerprint density at radius 3 is 2.58 bits per heavy atom. The first kappa shape index (κ1) is 13.5. The van der Waals surface area contributed by atoms with Crippen LogP contribution in [0.4, 0.5) is 0 Å². The first-order chi connectivity index (χ1) is 8.94. The van der Waals surface area contributed by atoms with E-state index in [9.17, 15) is 4.79 Å². The van der Waals surface area contributed by atoms with E-state index in [2.05, 4.69) is 0 Å². The lowest BCUT2D eigenvalue weighted by atomic mass is 10.1. The third-order valence-electron chi connectivity index (χ3n) is 2.38. The molecule has 2 rings (SSSR count). The molecule has 1 aliphatic rings. The summed E-state index contributed by atoms with van der Waals surface area (Å²) >= 11 is 0. The van der Waals surface area contributed by atoms with Gasteiger partial charge in [0.25, 0.3) is 0 Å². The minimum Gasteiger partial charge on any atom is -0.486 e. The van der Waals surface area contributed by atoms with E-state index in [0.29, 0.717) is 19.0 Å². The van der Waals surface area contributed by atoms with E-state index < -0.39 is 5.60 Å². The Morgan fingerprint density at radius 1 is 1.21 bits per heavy atom. The van der Waals surface area contributed by atoms with Gasteiger partial charge in [-0.2, -0.15) is 0 Å². The first-order valence-electron chi connectivity index (χ1n) is 6.25. The summed E-state index contributed by atoms with van der Waals surface area (Å²) < 4.78 is 16.1. The van der Waals surface area contributed by atoms with Crippen molar-refractivity contribution in [2.45, 2.75) is 26.4 Å². The van der Waals surface area contributed by atoms with Gasteiger partial charge in [0.15, 0.2) is 11.5 Å². The van der Waals surface area contributed by atoms with Crippen molar-refractivity contribution in [2.24, 2.45) is 0 Å². The van der Waals surface area contributed by atoms with Crippen molar-refractivity contribution in [1.82, 2.24) is 0 Å². The van der Waals surface area contributed by atoms with Crippen LogP contribution in [0.15, 0.2) is 24.3 Å². The molecule has 0 amide bonds. The third kappa shape index (κ3) is 4.02. The largest absolute Gasteiger partial charge is 0.486 e. The number of hydrogen-bond donors (Lipinski definition) is 0. The molecule has 4 nitrogen and oxygen atoms in total. The number of rotatable bonds is 2. The zero-order valence-corrected chi connectivity index (χ0v) is 11.4. The van der Waals surface area contributed by atoms with Crippen LogP contribution in [0.5, 0.6) is 11.5 Å². The van der Waals surface area contributed by atoms with Crippen LogP contribution in [0.1, 0.15) is 26.3 Å². The lowest BCUT2D eigenvalue weighted by molar-refractivity contribution is -0.148. The Labute approximate surface area is 113 Å². The van der Waals surface area contributed by atoms with Crippen molar-refractivity contribution in [2.75, 3.05) is 13.2 Å². The van der Waals surface area contributed by atoms with Gasteiger partial charge < -0.3 is 14.2 Å². The minimum atomic E-state index is -0.478. The summed E-state index contributed by atoms with van der Waals surface area (Å²) in [6.45, 7) is 6.63. The summed E-state index contributed by atoms with van der Waals surface area (Å²) in [6, 6.07) is 5.55. The van der Waals surface area contributed by atoms with E-state index >= 15 is 0 Å². The van der Waals surface area contributed by atoms with E-state index in [1.807, 2.05) is 39.0 Å². The highest BCUT2D eigenvalue weighted by Crippen LogP contribution is 2.31. The molecule has 0 N–H and O–H groups in total. The molecule has 0 spiro atoms. The molecule has 4 heteroatoms. The fourth-order valence-electron chi connectivity index (χ4n) is 1.66. The van der Waals surface area contributed by atoms with Gasteiger partial charge >= 0.3 is 5.97 Å². The van der Waals surface area contributed by atoms with Crippen LogP contribution in [-0.4, -0.2) is 24.8 Å². The number of ether oxygens (including phenoxy) is 3. The molecule has 0 radical (unpaired) electrons. The predicted octanol–water partition coefficient (Wildman–Crippen LogP) is 2.81. The lowest BCUT2D eigenvalue weighted by Crippen LogP contribution is -2.22. The van der Waals surface area contributed by atoms with Gasteiger partial charge in [0, 0.05) is 6.08 Å². The maximum atomic E-state index is 11.6. The van der Waals surface area contributed by atoms with Crippen molar-refractivity contribution < 1.29 is 19.0 Å². The summed E-state index contributed by atoms with van der Waals surface area (Å²) in [5.41, 5.74) is 0.393. The molecule has 0 unspecified atom stereocenters. The maximum absolute atomic E-state index is 11.6. The average Bonchev–Trinajstić information content (AvgIpc) is 2.34. The molecule has 0 saturated heterocycles. The van der Waals surface area contributed by atoms with Crippen molar-refractivity contribution in [1.29, 1.82) is 0 Å². The molecule has 0 bridgehead atoms. The van der Waals surface area contributed by atoms with Crippen molar-refractivity contribution in [3.8, 4) is 11.5 Å². The second-order valence-corrected chi connectivity index (χ2v) is 5.27. The zero-order valence-electron chi connectivity index (χ0n) is 11.4. The molecule has 0 fully saturated rings. The van der Waals surface area contributed by atoms with Crippen molar-refractivity contribution in [3.05, 3.63) is 29.8 Å². The average molecular weight is 262 g/mol. The molecule has 102 valence electrons. The Morgan fingerprint density at radius 2 is 1.89 bits per heavy atom. The highest BCUT2D eigenvalue weighted by molar-refractivity contribution is 5.87. The van der Waals surface area contributed by atoms with Gasteiger partial charge in [-0.15, -0.1) is 0 Å². The molecule has 19 heavy (non-hydrogen) atoms. The van der Waals surface area contributed by atoms with E-state index in [1.54, 1.807) is 6.08 Å². The van der Waals surface area contributed by atoms with Crippen LogP contribution in [-0.2, 0) is 9.53 Å². The van der Waals surface area contributed by atoms with Gasteiger partial charge in [0.05, 0.1) is 0 Å². The number of carbonyl (C=O) groups excluding carboxylic acids is 1. The Bertz CT molecular complexity index is 497. The van der Waals surface area contributed by atoms with Crippen LogP contribution >= 0.6 is 0 Å². The molecule has 1 heterocycles. The fraction of sp³-hybridized carbons (Fsp3) is 0.400. The van der Waals surface area contributed by atoms with E-state index in [1.165, 1.54) is 6.08 Å². The number of hydrogen-bond acceptors (Lipinski definition) is 4. The number of benzene rings is 1. The van der Waals surface area contributed by atoms with Gasteiger partial charge in [0.2, 0.25) is 0 Å². The molecule has 1 aromatic carbocycles. The number of fused-ring (bicyclic) bond motifs is 1. The maximum Gasteiger partial charge on any atom is 0.331 e. The van der Waals surface area contributed by atoms with Crippen molar-refractivity contribution in [3.63, 3.8) is 0 Å². The van der Waals surface area contributed by atoms with E-state index in [4.69, 9.17) is 14.2 Å². The quantitative estimate of drug-likeness (QED) is 0.607. The molecule has 0 aromatic heterocycles. The van der Waals surface area contributed by atoms with Crippen LogP contribution in [0.25, 0.3) is 6.08 Å². The zero-order chi connectivity index (χ0) is 13.9. The highest BCUT2D eigenvalue weighted by atomic mass is 16.6. The van der Waals surface area contributed by atoms with Gasteiger partial charge in [-0.25, -0.2) is 4.79 Å². The second kappa shape index (κ2) is 5.34. The smallest absolute Gasteiger partial charge is 0.331 e. The SMILES string of the molecule is CC(C)(C)OC(=O)/C=C/c1ccc2c(c1)OCCO2. The summed E-state index contributed by atoms with van der Waals surface area (Å²) in [4.78, 5) is 11.6. The van der Waals surface area contributed by atoms with Crippen LogP contribution in [0.3, 0.4) is 0 Å². The molecule has 0 atom stereocenters. The normalized spacial score (nSPS) is 14.5. The van der Waals surface area contributed by atoms with Crippen molar-refractivity contribution >= 4 is 12.0 Å². The summed E-state index contributed by atoms with van der Waals surface area (Å²) in [5.74, 6) is 1.08. The standard InChI is InChI=1S/C15H18O4/c1-15(2,3)19-14(16)7-5-11-4-6-12-13(10-11)18-9-8-17-12/h4-7,10H,8-9H2,1-3H3/b7-5+. The summed E-state index contributed by atoms with van der Waals surface area (Å²) in [7, 11) is 0. The lowest BCUT2D eigenvalue weighted by Gasteiger charge is -2.18. The molecule has 1 aromatic rings. The molecular weight excluding hydrogens is 244 g/mol. The third-order valence-corrected chi connectivity index (χ3v) is 2.38.